The fraction of sp³-hybridized carbons (Fsp3) is 0.579. The van der Waals surface area contributed by atoms with Crippen LogP contribution < -0.4 is 16.2 Å². The third-order valence-electron chi connectivity index (χ3n) is 4.40. The highest BCUT2D eigenvalue weighted by atomic mass is 32.2. The Morgan fingerprint density at radius 3 is 2.54 bits per heavy atom. The van der Waals surface area contributed by atoms with E-state index in [0.29, 0.717) is 21.3 Å². The molecular weight excluding hydrogens is 396 g/mol. The second-order valence-electron chi connectivity index (χ2n) is 7.28. The zero-order valence-corrected chi connectivity index (χ0v) is 18.8. The van der Waals surface area contributed by atoms with Gasteiger partial charge in [0.05, 0.1) is 10.6 Å². The number of amides is 3. The van der Waals surface area contributed by atoms with E-state index in [2.05, 4.69) is 34.4 Å². The number of aromatic amines is 1. The molecule has 2 atom stereocenters. The Kier molecular flexibility index (Phi) is 7.65. The Bertz CT molecular complexity index is 920. The number of carbonyl (C=O) groups is 2. The highest BCUT2D eigenvalue weighted by molar-refractivity contribution is 8.00. The first-order chi connectivity index (χ1) is 13.1. The van der Waals surface area contributed by atoms with E-state index < -0.39 is 17.2 Å². The normalized spacial score (nSPS) is 13.5. The van der Waals surface area contributed by atoms with Gasteiger partial charge in [-0.3, -0.25) is 14.9 Å². The molecule has 28 heavy (non-hydrogen) atoms. The van der Waals surface area contributed by atoms with Gasteiger partial charge < -0.3 is 10.3 Å². The zero-order valence-electron chi connectivity index (χ0n) is 17.1. The van der Waals surface area contributed by atoms with Gasteiger partial charge in [-0.1, -0.05) is 32.0 Å². The van der Waals surface area contributed by atoms with Crippen LogP contribution in [-0.2, 0) is 11.2 Å². The van der Waals surface area contributed by atoms with Crippen LogP contribution in [0.15, 0.2) is 9.95 Å². The van der Waals surface area contributed by atoms with Crippen molar-refractivity contribution >= 4 is 45.3 Å². The lowest BCUT2D eigenvalue weighted by molar-refractivity contribution is -0.119. The number of hydrogen-bond acceptors (Lipinski definition) is 6. The Morgan fingerprint density at radius 2 is 1.93 bits per heavy atom. The Labute approximate surface area is 173 Å². The maximum Gasteiger partial charge on any atom is 0.321 e. The smallest absolute Gasteiger partial charge is 0.321 e. The molecule has 0 aliphatic rings. The van der Waals surface area contributed by atoms with Crippen LogP contribution in [0, 0.1) is 12.8 Å². The molecule has 9 heteroatoms. The van der Waals surface area contributed by atoms with Gasteiger partial charge in [0.2, 0.25) is 5.91 Å². The van der Waals surface area contributed by atoms with Crippen molar-refractivity contribution in [3.8, 4) is 0 Å². The number of nitrogens with zero attached hydrogens (tertiary/aromatic N) is 1. The van der Waals surface area contributed by atoms with E-state index in [1.54, 1.807) is 6.92 Å². The number of thiophene rings is 1. The van der Waals surface area contributed by atoms with E-state index in [4.69, 9.17) is 0 Å². The minimum atomic E-state index is -0.584. The molecule has 0 saturated carbocycles. The summed E-state index contributed by atoms with van der Waals surface area (Å²) in [5.41, 5.74) is 0.885. The molecule has 0 saturated heterocycles. The standard InChI is InChI=1S/C19H28N4O3S2/c1-7-10(4)8-13-11(5)27-17-14(13)16(25)22-19(23-17)28-12(6)15(24)21-18(26)20-9(2)3/h9-10,12H,7-8H2,1-6H3,(H,22,23,25)(H2,20,21,24,26)/t10-,12+/m1/s1. The van der Waals surface area contributed by atoms with E-state index in [-0.39, 0.29) is 11.6 Å². The number of hydrogen-bond donors (Lipinski definition) is 3. The number of imide groups is 1. The van der Waals surface area contributed by atoms with Gasteiger partial charge in [-0.15, -0.1) is 11.3 Å². The molecule has 0 radical (unpaired) electrons. The first-order valence-corrected chi connectivity index (χ1v) is 11.1. The number of fused-ring (bicyclic) bond motifs is 1. The van der Waals surface area contributed by atoms with Gasteiger partial charge >= 0.3 is 6.03 Å². The second-order valence-corrected chi connectivity index (χ2v) is 9.82. The highest BCUT2D eigenvalue weighted by Gasteiger charge is 2.21. The molecule has 0 aliphatic carbocycles. The number of urea groups is 1. The molecule has 0 spiro atoms. The third-order valence-corrected chi connectivity index (χ3v) is 6.43. The van der Waals surface area contributed by atoms with Crippen LogP contribution in [0.25, 0.3) is 10.2 Å². The lowest BCUT2D eigenvalue weighted by Crippen LogP contribution is -2.45. The summed E-state index contributed by atoms with van der Waals surface area (Å²) in [6.45, 7) is 11.6. The van der Waals surface area contributed by atoms with Gasteiger partial charge in [0.25, 0.3) is 5.56 Å². The monoisotopic (exact) mass is 424 g/mol. The summed E-state index contributed by atoms with van der Waals surface area (Å²) >= 11 is 2.63. The highest BCUT2D eigenvalue weighted by Crippen LogP contribution is 2.31. The van der Waals surface area contributed by atoms with Gasteiger partial charge in [0.1, 0.15) is 4.83 Å². The molecule has 2 heterocycles. The van der Waals surface area contributed by atoms with Gasteiger partial charge in [-0.05, 0) is 45.6 Å². The van der Waals surface area contributed by atoms with Crippen molar-refractivity contribution in [2.75, 3.05) is 0 Å². The minimum absolute atomic E-state index is 0.0668. The topological polar surface area (TPSA) is 104 Å². The summed E-state index contributed by atoms with van der Waals surface area (Å²) in [5.74, 6) is 0.0522. The summed E-state index contributed by atoms with van der Waals surface area (Å²) in [7, 11) is 0. The largest absolute Gasteiger partial charge is 0.336 e. The molecule has 0 fully saturated rings. The van der Waals surface area contributed by atoms with Crippen molar-refractivity contribution < 1.29 is 9.59 Å². The molecule has 2 aromatic rings. The second kappa shape index (κ2) is 9.56. The molecule has 0 aliphatic heterocycles. The van der Waals surface area contributed by atoms with Crippen LogP contribution in [-0.4, -0.2) is 33.2 Å². The summed E-state index contributed by atoms with van der Waals surface area (Å²) in [6.07, 6.45) is 1.90. The SMILES string of the molecule is CC[C@@H](C)Cc1c(C)sc2nc(S[C@@H](C)C(=O)NC(=O)NC(C)C)[nH]c(=O)c12. The predicted molar refractivity (Wildman–Crippen MR) is 115 cm³/mol. The van der Waals surface area contributed by atoms with Crippen molar-refractivity contribution in [3.05, 3.63) is 20.8 Å². The summed E-state index contributed by atoms with van der Waals surface area (Å²) < 4.78 is 0. The van der Waals surface area contributed by atoms with E-state index in [1.165, 1.54) is 11.3 Å². The van der Waals surface area contributed by atoms with Crippen LogP contribution in [0.1, 0.15) is 51.5 Å². The molecule has 7 nitrogen and oxygen atoms in total. The number of nitrogens with one attached hydrogen (secondary N) is 3. The van der Waals surface area contributed by atoms with Crippen molar-refractivity contribution in [3.63, 3.8) is 0 Å². The number of thioether (sulfide) groups is 1. The van der Waals surface area contributed by atoms with Crippen molar-refractivity contribution in [2.45, 2.75) is 70.8 Å². The lowest BCUT2D eigenvalue weighted by Gasteiger charge is -2.13. The summed E-state index contributed by atoms with van der Waals surface area (Å²) in [6, 6.07) is -0.601. The molecule has 2 aromatic heterocycles. The minimum Gasteiger partial charge on any atom is -0.336 e. The van der Waals surface area contributed by atoms with Crippen LogP contribution in [0.2, 0.25) is 0 Å². The van der Waals surface area contributed by atoms with Gasteiger partial charge in [-0.2, -0.15) is 0 Å². The van der Waals surface area contributed by atoms with Crippen LogP contribution in [0.4, 0.5) is 4.79 Å². The van der Waals surface area contributed by atoms with E-state index >= 15 is 0 Å². The summed E-state index contributed by atoms with van der Waals surface area (Å²) in [4.78, 5) is 45.7. The van der Waals surface area contributed by atoms with Crippen LogP contribution in [0.3, 0.4) is 0 Å². The molecule has 2 rings (SSSR count). The van der Waals surface area contributed by atoms with Crippen molar-refractivity contribution in [1.82, 2.24) is 20.6 Å². The number of H-pyrrole nitrogens is 1. The lowest BCUT2D eigenvalue weighted by atomic mass is 9.98. The number of aromatic nitrogens is 2. The third kappa shape index (κ3) is 5.57. The number of aryl methyl sites for hydroxylation is 1. The van der Waals surface area contributed by atoms with Crippen molar-refractivity contribution in [1.29, 1.82) is 0 Å². The first-order valence-electron chi connectivity index (χ1n) is 9.42. The van der Waals surface area contributed by atoms with E-state index in [9.17, 15) is 14.4 Å². The van der Waals surface area contributed by atoms with Gasteiger partial charge in [0.15, 0.2) is 5.16 Å². The zero-order chi connectivity index (χ0) is 21.0. The molecule has 0 unspecified atom stereocenters. The van der Waals surface area contributed by atoms with Crippen LogP contribution in [0.5, 0.6) is 0 Å². The molecule has 0 aromatic carbocycles. The Balaban J connectivity index is 2.19. The van der Waals surface area contributed by atoms with Gasteiger partial charge in [-0.25, -0.2) is 9.78 Å². The maximum absolute atomic E-state index is 12.7. The molecule has 0 bridgehead atoms. The molecule has 154 valence electrons. The van der Waals surface area contributed by atoms with E-state index in [0.717, 1.165) is 35.0 Å². The average Bonchev–Trinajstić information content (AvgIpc) is 2.89. The maximum atomic E-state index is 12.7. The number of carbonyl (C=O) groups excluding carboxylic acids is 2. The molecule has 3 N–H and O–H groups in total. The quantitative estimate of drug-likeness (QED) is 0.465. The predicted octanol–water partition coefficient (Wildman–Crippen LogP) is 3.60. The molecule has 3 amide bonds. The first kappa shape index (κ1) is 22.4. The fourth-order valence-electron chi connectivity index (χ4n) is 2.68. The Morgan fingerprint density at radius 1 is 1.25 bits per heavy atom. The Hall–Kier alpha value is -1.87. The average molecular weight is 425 g/mol. The van der Waals surface area contributed by atoms with Gasteiger partial charge in [0, 0.05) is 10.9 Å². The van der Waals surface area contributed by atoms with Crippen LogP contribution >= 0.6 is 23.1 Å². The fourth-order valence-corrected chi connectivity index (χ4v) is 4.59. The number of rotatable bonds is 7. The van der Waals surface area contributed by atoms with E-state index in [1.807, 2.05) is 20.8 Å². The summed E-state index contributed by atoms with van der Waals surface area (Å²) in [5, 5.41) is 5.35. The molecular formula is C19H28N4O3S2. The van der Waals surface area contributed by atoms with Crippen molar-refractivity contribution in [2.24, 2.45) is 5.92 Å².